The maximum absolute atomic E-state index is 13.5. The van der Waals surface area contributed by atoms with Crippen molar-refractivity contribution in [3.05, 3.63) is 58.9 Å². The molecule has 1 aromatic heterocycles. The molecule has 5 nitrogen and oxygen atoms in total. The van der Waals surface area contributed by atoms with Crippen molar-refractivity contribution in [2.24, 2.45) is 5.92 Å². The van der Waals surface area contributed by atoms with E-state index in [-0.39, 0.29) is 18.4 Å². The molecule has 1 aliphatic carbocycles. The van der Waals surface area contributed by atoms with Gasteiger partial charge in [-0.2, -0.15) is 13.2 Å². The highest BCUT2D eigenvalue weighted by atomic mass is 19.4. The third-order valence-electron chi connectivity index (χ3n) is 6.37. The van der Waals surface area contributed by atoms with Crippen LogP contribution in [0.1, 0.15) is 60.4 Å². The van der Waals surface area contributed by atoms with Gasteiger partial charge in [-0.1, -0.05) is 31.4 Å². The first-order valence-electron chi connectivity index (χ1n) is 11.0. The Balaban J connectivity index is 1.37. The van der Waals surface area contributed by atoms with Crippen molar-refractivity contribution in [1.82, 2.24) is 9.88 Å². The number of benzene rings is 1. The zero-order valence-electron chi connectivity index (χ0n) is 17.8. The Kier molecular flexibility index (Phi) is 6.69. The van der Waals surface area contributed by atoms with E-state index in [9.17, 15) is 18.0 Å². The van der Waals surface area contributed by atoms with Crippen LogP contribution >= 0.6 is 0 Å². The summed E-state index contributed by atoms with van der Waals surface area (Å²) < 4.78 is 46.3. The third-order valence-corrected chi connectivity index (χ3v) is 6.37. The summed E-state index contributed by atoms with van der Waals surface area (Å²) in [5.41, 5.74) is 1.25. The number of hydrogen-bond acceptors (Lipinski definition) is 4. The molecule has 1 aromatic carbocycles. The summed E-state index contributed by atoms with van der Waals surface area (Å²) in [5, 5.41) is 8.95. The first-order chi connectivity index (χ1) is 15.3. The largest absolute Gasteiger partial charge is 0.487 e. The zero-order chi connectivity index (χ0) is 22.7. The van der Waals surface area contributed by atoms with Crippen molar-refractivity contribution in [1.29, 1.82) is 0 Å². The second-order valence-corrected chi connectivity index (χ2v) is 8.76. The number of likely N-dealkylation sites (tertiary alicyclic amines) is 1. The molecule has 1 saturated carbocycles. The quantitative estimate of drug-likeness (QED) is 0.627. The molecule has 172 valence electrons. The molecule has 0 atom stereocenters. The van der Waals surface area contributed by atoms with Crippen LogP contribution in [0.3, 0.4) is 0 Å². The van der Waals surface area contributed by atoms with Crippen LogP contribution in [0.5, 0.6) is 5.75 Å². The van der Waals surface area contributed by atoms with Gasteiger partial charge in [-0.15, -0.1) is 0 Å². The highest BCUT2D eigenvalue weighted by Gasteiger charge is 2.36. The van der Waals surface area contributed by atoms with E-state index in [1.165, 1.54) is 0 Å². The topological polar surface area (TPSA) is 62.7 Å². The van der Waals surface area contributed by atoms with Gasteiger partial charge >= 0.3 is 12.1 Å². The van der Waals surface area contributed by atoms with E-state index in [0.29, 0.717) is 36.6 Å². The molecule has 1 aliphatic heterocycles. The van der Waals surface area contributed by atoms with Crippen LogP contribution in [-0.2, 0) is 24.1 Å². The molecule has 1 saturated heterocycles. The number of aliphatic carboxylic acids is 1. The molecule has 0 amide bonds. The lowest BCUT2D eigenvalue weighted by molar-refractivity contribution is -0.147. The number of halogens is 3. The van der Waals surface area contributed by atoms with Crippen molar-refractivity contribution in [2.45, 2.75) is 57.3 Å². The number of nitrogens with zero attached hydrogens (tertiary/aromatic N) is 2. The average molecular weight is 448 g/mol. The van der Waals surface area contributed by atoms with E-state index in [0.717, 1.165) is 43.9 Å². The van der Waals surface area contributed by atoms with E-state index < -0.39 is 17.7 Å². The molecule has 0 spiro atoms. The second kappa shape index (κ2) is 9.48. The second-order valence-electron chi connectivity index (χ2n) is 8.76. The number of ether oxygens (including phenoxy) is 1. The summed E-state index contributed by atoms with van der Waals surface area (Å²) in [6.45, 7) is 1.88. The first-order valence-corrected chi connectivity index (χ1v) is 11.0. The minimum atomic E-state index is -4.41. The van der Waals surface area contributed by atoms with Crippen LogP contribution in [0, 0.1) is 5.92 Å². The summed E-state index contributed by atoms with van der Waals surface area (Å²) in [7, 11) is 0. The van der Waals surface area contributed by atoms with Gasteiger partial charge in [-0.25, -0.2) is 0 Å². The Morgan fingerprint density at radius 2 is 1.81 bits per heavy atom. The number of carboxylic acid groups (broad SMARTS) is 1. The standard InChI is InChI=1S/C24H27F3N2O3/c25-24(26,27)22-11-28-19(10-21(22)17-4-2-1-3-5-17)15-32-20-8-6-16(7-9-20)12-29-13-18(14-29)23(30)31/h6-11,17-18H,1-5,12-15H2,(H,30,31). The molecule has 2 aliphatic rings. The number of alkyl halides is 3. The van der Waals surface area contributed by atoms with E-state index in [4.69, 9.17) is 9.84 Å². The average Bonchev–Trinajstić information content (AvgIpc) is 2.75. The number of aromatic nitrogens is 1. The summed E-state index contributed by atoms with van der Waals surface area (Å²) in [6.07, 6.45) is 1.08. The lowest BCUT2D eigenvalue weighted by atomic mass is 9.82. The van der Waals surface area contributed by atoms with Gasteiger partial charge in [0.1, 0.15) is 12.4 Å². The van der Waals surface area contributed by atoms with Crippen molar-refractivity contribution < 1.29 is 27.8 Å². The van der Waals surface area contributed by atoms with Crippen LogP contribution in [0.15, 0.2) is 36.5 Å². The Morgan fingerprint density at radius 1 is 1.12 bits per heavy atom. The van der Waals surface area contributed by atoms with E-state index >= 15 is 0 Å². The molecule has 1 N–H and O–H groups in total. The lowest BCUT2D eigenvalue weighted by Gasteiger charge is -2.36. The molecule has 32 heavy (non-hydrogen) atoms. The van der Waals surface area contributed by atoms with E-state index in [2.05, 4.69) is 9.88 Å². The Labute approximate surface area is 185 Å². The van der Waals surface area contributed by atoms with Crippen LogP contribution < -0.4 is 4.74 Å². The number of pyridine rings is 1. The van der Waals surface area contributed by atoms with Crippen molar-refractivity contribution >= 4 is 5.97 Å². The Morgan fingerprint density at radius 3 is 2.44 bits per heavy atom. The molecule has 2 aromatic rings. The highest BCUT2D eigenvalue weighted by Crippen LogP contribution is 2.40. The SMILES string of the molecule is O=C(O)C1CN(Cc2ccc(OCc3cc(C4CCCCC4)c(C(F)(F)F)cn3)cc2)C1. The summed E-state index contributed by atoms with van der Waals surface area (Å²) in [6, 6.07) is 9.02. The predicted octanol–water partition coefficient (Wildman–Crippen LogP) is 5.24. The van der Waals surface area contributed by atoms with Gasteiger partial charge in [0.15, 0.2) is 0 Å². The van der Waals surface area contributed by atoms with Crippen LogP contribution in [0.25, 0.3) is 0 Å². The molecule has 2 fully saturated rings. The molecule has 0 bridgehead atoms. The Hall–Kier alpha value is -2.61. The maximum atomic E-state index is 13.5. The molecule has 0 unspecified atom stereocenters. The van der Waals surface area contributed by atoms with Gasteiger partial charge in [-0.05, 0) is 48.1 Å². The van der Waals surface area contributed by atoms with Gasteiger partial charge in [0.25, 0.3) is 0 Å². The van der Waals surface area contributed by atoms with E-state index in [1.54, 1.807) is 6.07 Å². The molecule has 0 radical (unpaired) electrons. The van der Waals surface area contributed by atoms with Crippen LogP contribution in [0.2, 0.25) is 0 Å². The van der Waals surface area contributed by atoms with Gasteiger partial charge in [0.2, 0.25) is 0 Å². The minimum absolute atomic E-state index is 0.0800. The minimum Gasteiger partial charge on any atom is -0.487 e. The van der Waals surface area contributed by atoms with Crippen LogP contribution in [-0.4, -0.2) is 34.0 Å². The highest BCUT2D eigenvalue weighted by molar-refractivity contribution is 5.71. The van der Waals surface area contributed by atoms with Crippen LogP contribution in [0.4, 0.5) is 13.2 Å². The fourth-order valence-electron chi connectivity index (χ4n) is 4.55. The van der Waals surface area contributed by atoms with Crippen molar-refractivity contribution in [2.75, 3.05) is 13.1 Å². The molecular formula is C24H27F3N2O3. The summed E-state index contributed by atoms with van der Waals surface area (Å²) in [4.78, 5) is 17.0. The maximum Gasteiger partial charge on any atom is 0.418 e. The molecule has 4 rings (SSSR count). The van der Waals surface area contributed by atoms with E-state index in [1.807, 2.05) is 24.3 Å². The van der Waals surface area contributed by atoms with Gasteiger partial charge in [0, 0.05) is 25.8 Å². The zero-order valence-corrected chi connectivity index (χ0v) is 17.8. The Bertz CT molecular complexity index is 934. The predicted molar refractivity (Wildman–Crippen MR) is 112 cm³/mol. The molecule has 8 heteroatoms. The number of rotatable bonds is 7. The fourth-order valence-corrected chi connectivity index (χ4v) is 4.55. The summed E-state index contributed by atoms with van der Waals surface area (Å²) in [5.74, 6) is -0.508. The number of carboxylic acids is 1. The number of carbonyl (C=O) groups is 1. The smallest absolute Gasteiger partial charge is 0.418 e. The number of hydrogen-bond donors (Lipinski definition) is 1. The van der Waals surface area contributed by atoms with Crippen molar-refractivity contribution in [3.63, 3.8) is 0 Å². The monoisotopic (exact) mass is 448 g/mol. The van der Waals surface area contributed by atoms with Gasteiger partial charge < -0.3 is 9.84 Å². The lowest BCUT2D eigenvalue weighted by Crippen LogP contribution is -2.49. The fraction of sp³-hybridized carbons (Fsp3) is 0.500. The summed E-state index contributed by atoms with van der Waals surface area (Å²) >= 11 is 0. The molecule has 2 heterocycles. The molecular weight excluding hydrogens is 421 g/mol. The van der Waals surface area contributed by atoms with Crippen molar-refractivity contribution in [3.8, 4) is 5.75 Å². The first kappa shape index (κ1) is 22.6. The normalized spacial score (nSPS) is 18.3. The van der Waals surface area contributed by atoms with Gasteiger partial charge in [0.05, 0.1) is 17.2 Å². The van der Waals surface area contributed by atoms with Gasteiger partial charge in [-0.3, -0.25) is 14.7 Å². The third kappa shape index (κ3) is 5.41.